The standard InChI is InChI=1S/C8H14N2/c1-9-10-7-8-5-3-2-4-6-8/h2-3,7-9H,4-6H2,1H3/b10-7+. The molecule has 0 saturated carbocycles. The van der Waals surface area contributed by atoms with Crippen molar-refractivity contribution in [3.63, 3.8) is 0 Å². The molecule has 0 spiro atoms. The molecular formula is C8H14N2. The number of hydrazone groups is 1. The van der Waals surface area contributed by atoms with Crippen molar-refractivity contribution in [2.45, 2.75) is 19.3 Å². The summed E-state index contributed by atoms with van der Waals surface area (Å²) in [6.45, 7) is 0. The maximum Gasteiger partial charge on any atom is 0.0276 e. The van der Waals surface area contributed by atoms with Gasteiger partial charge < -0.3 is 5.43 Å². The Morgan fingerprint density at radius 3 is 3.10 bits per heavy atom. The normalized spacial score (nSPS) is 25.5. The Balaban J connectivity index is 2.28. The van der Waals surface area contributed by atoms with Crippen molar-refractivity contribution >= 4 is 6.21 Å². The van der Waals surface area contributed by atoms with E-state index in [-0.39, 0.29) is 0 Å². The summed E-state index contributed by atoms with van der Waals surface area (Å²) < 4.78 is 0. The van der Waals surface area contributed by atoms with Crippen molar-refractivity contribution < 1.29 is 0 Å². The van der Waals surface area contributed by atoms with E-state index in [9.17, 15) is 0 Å². The van der Waals surface area contributed by atoms with E-state index in [1.165, 1.54) is 12.8 Å². The third kappa shape index (κ3) is 2.21. The molecule has 1 atom stereocenters. The first-order valence-corrected chi connectivity index (χ1v) is 3.78. The summed E-state index contributed by atoms with van der Waals surface area (Å²) in [6.07, 6.45) is 10.1. The van der Waals surface area contributed by atoms with Crippen LogP contribution in [0.1, 0.15) is 19.3 Å². The van der Waals surface area contributed by atoms with E-state index in [4.69, 9.17) is 0 Å². The molecule has 0 aromatic heterocycles. The molecule has 0 aliphatic heterocycles. The Labute approximate surface area is 62.0 Å². The summed E-state index contributed by atoms with van der Waals surface area (Å²) in [5, 5.41) is 3.99. The van der Waals surface area contributed by atoms with Crippen LogP contribution in [0.5, 0.6) is 0 Å². The van der Waals surface area contributed by atoms with Crippen LogP contribution in [0.15, 0.2) is 17.3 Å². The van der Waals surface area contributed by atoms with Crippen LogP contribution < -0.4 is 5.43 Å². The topological polar surface area (TPSA) is 24.4 Å². The lowest BCUT2D eigenvalue weighted by Crippen LogP contribution is -2.06. The van der Waals surface area contributed by atoms with Gasteiger partial charge in [0.1, 0.15) is 0 Å². The van der Waals surface area contributed by atoms with Gasteiger partial charge in [0.25, 0.3) is 0 Å². The highest BCUT2D eigenvalue weighted by atomic mass is 15.3. The monoisotopic (exact) mass is 138 g/mol. The van der Waals surface area contributed by atoms with E-state index in [1.54, 1.807) is 0 Å². The Bertz CT molecular complexity index is 138. The van der Waals surface area contributed by atoms with Crippen molar-refractivity contribution in [1.82, 2.24) is 5.43 Å². The highest BCUT2D eigenvalue weighted by molar-refractivity contribution is 5.60. The Hall–Kier alpha value is -0.790. The largest absolute Gasteiger partial charge is 0.313 e. The van der Waals surface area contributed by atoms with Gasteiger partial charge in [0, 0.05) is 13.3 Å². The molecule has 2 nitrogen and oxygen atoms in total. The second-order valence-corrected chi connectivity index (χ2v) is 2.55. The lowest BCUT2D eigenvalue weighted by molar-refractivity contribution is 0.623. The van der Waals surface area contributed by atoms with Crippen molar-refractivity contribution in [1.29, 1.82) is 0 Å². The van der Waals surface area contributed by atoms with Gasteiger partial charge >= 0.3 is 0 Å². The predicted octanol–water partition coefficient (Wildman–Crippen LogP) is 1.55. The van der Waals surface area contributed by atoms with Crippen LogP contribution >= 0.6 is 0 Å². The minimum Gasteiger partial charge on any atom is -0.313 e. The number of nitrogens with zero attached hydrogens (tertiary/aromatic N) is 1. The van der Waals surface area contributed by atoms with Gasteiger partial charge in [-0.05, 0) is 25.2 Å². The summed E-state index contributed by atoms with van der Waals surface area (Å²) in [5.41, 5.74) is 2.76. The SMILES string of the molecule is CN/N=C/C1CC=CCC1. The zero-order valence-electron chi connectivity index (χ0n) is 6.38. The molecule has 0 saturated heterocycles. The van der Waals surface area contributed by atoms with E-state index in [2.05, 4.69) is 22.7 Å². The van der Waals surface area contributed by atoms with Crippen molar-refractivity contribution in [2.75, 3.05) is 7.05 Å². The van der Waals surface area contributed by atoms with Gasteiger partial charge in [-0.25, -0.2) is 0 Å². The molecule has 1 N–H and O–H groups in total. The Morgan fingerprint density at radius 1 is 1.60 bits per heavy atom. The zero-order chi connectivity index (χ0) is 7.23. The molecule has 1 rings (SSSR count). The fraction of sp³-hybridized carbons (Fsp3) is 0.625. The third-order valence-electron chi connectivity index (χ3n) is 1.72. The van der Waals surface area contributed by atoms with Crippen LogP contribution in [-0.2, 0) is 0 Å². The molecule has 10 heavy (non-hydrogen) atoms. The molecule has 56 valence electrons. The Morgan fingerprint density at radius 2 is 2.50 bits per heavy atom. The maximum atomic E-state index is 3.99. The highest BCUT2D eigenvalue weighted by Crippen LogP contribution is 2.15. The molecule has 0 aromatic rings. The minimum atomic E-state index is 0.664. The van der Waals surface area contributed by atoms with Crippen molar-refractivity contribution in [3.05, 3.63) is 12.2 Å². The van der Waals surface area contributed by atoms with E-state index in [1.807, 2.05) is 13.3 Å². The average Bonchev–Trinajstić information content (AvgIpc) is 2.03. The van der Waals surface area contributed by atoms with E-state index >= 15 is 0 Å². The molecule has 0 bridgehead atoms. The van der Waals surface area contributed by atoms with Gasteiger partial charge in [0.15, 0.2) is 0 Å². The van der Waals surface area contributed by atoms with Gasteiger partial charge in [0.2, 0.25) is 0 Å². The Kier molecular flexibility index (Phi) is 3.00. The highest BCUT2D eigenvalue weighted by Gasteiger charge is 2.05. The van der Waals surface area contributed by atoms with Gasteiger partial charge in [-0.15, -0.1) is 0 Å². The lowest BCUT2D eigenvalue weighted by Gasteiger charge is -2.11. The second kappa shape index (κ2) is 4.09. The first-order chi connectivity index (χ1) is 4.93. The number of hydrogen-bond donors (Lipinski definition) is 1. The van der Waals surface area contributed by atoms with E-state index < -0.39 is 0 Å². The van der Waals surface area contributed by atoms with Crippen LogP contribution in [0.2, 0.25) is 0 Å². The second-order valence-electron chi connectivity index (χ2n) is 2.55. The smallest absolute Gasteiger partial charge is 0.0276 e. The first kappa shape index (κ1) is 7.32. The molecule has 1 aliphatic carbocycles. The van der Waals surface area contributed by atoms with Gasteiger partial charge in [0.05, 0.1) is 0 Å². The lowest BCUT2D eigenvalue weighted by atomic mass is 9.96. The molecule has 0 radical (unpaired) electrons. The van der Waals surface area contributed by atoms with Crippen LogP contribution in [0, 0.1) is 5.92 Å². The van der Waals surface area contributed by atoms with Crippen LogP contribution in [0.25, 0.3) is 0 Å². The molecule has 0 amide bonds. The summed E-state index contributed by atoms with van der Waals surface area (Å²) in [7, 11) is 1.83. The van der Waals surface area contributed by atoms with Crippen LogP contribution in [0.4, 0.5) is 0 Å². The summed E-state index contributed by atoms with van der Waals surface area (Å²) >= 11 is 0. The van der Waals surface area contributed by atoms with Gasteiger partial charge in [-0.3, -0.25) is 0 Å². The molecule has 0 fully saturated rings. The van der Waals surface area contributed by atoms with Crippen molar-refractivity contribution in [2.24, 2.45) is 11.0 Å². The fourth-order valence-electron chi connectivity index (χ4n) is 1.13. The molecule has 1 aliphatic rings. The van der Waals surface area contributed by atoms with Crippen molar-refractivity contribution in [3.8, 4) is 0 Å². The summed E-state index contributed by atoms with van der Waals surface area (Å²) in [6, 6.07) is 0. The first-order valence-electron chi connectivity index (χ1n) is 3.78. The number of hydrogen-bond acceptors (Lipinski definition) is 2. The molecule has 0 aromatic carbocycles. The van der Waals surface area contributed by atoms with Crippen LogP contribution in [-0.4, -0.2) is 13.3 Å². The summed E-state index contributed by atoms with van der Waals surface area (Å²) in [4.78, 5) is 0. The summed E-state index contributed by atoms with van der Waals surface area (Å²) in [5.74, 6) is 0.664. The maximum absolute atomic E-state index is 3.99. The van der Waals surface area contributed by atoms with Crippen LogP contribution in [0.3, 0.4) is 0 Å². The number of rotatable bonds is 2. The van der Waals surface area contributed by atoms with E-state index in [0.29, 0.717) is 5.92 Å². The van der Waals surface area contributed by atoms with Gasteiger partial charge in [-0.2, -0.15) is 5.10 Å². The number of nitrogens with one attached hydrogen (secondary N) is 1. The third-order valence-corrected chi connectivity index (χ3v) is 1.72. The quantitative estimate of drug-likeness (QED) is 0.349. The predicted molar refractivity (Wildman–Crippen MR) is 44.0 cm³/mol. The fourth-order valence-corrected chi connectivity index (χ4v) is 1.13. The molecule has 2 heteroatoms. The molecule has 0 heterocycles. The van der Waals surface area contributed by atoms with Gasteiger partial charge in [-0.1, -0.05) is 12.2 Å². The van der Waals surface area contributed by atoms with E-state index in [0.717, 1.165) is 6.42 Å². The zero-order valence-corrected chi connectivity index (χ0v) is 6.38. The number of allylic oxidation sites excluding steroid dienone is 2. The molecule has 1 unspecified atom stereocenters. The average molecular weight is 138 g/mol. The molecular weight excluding hydrogens is 124 g/mol. The minimum absolute atomic E-state index is 0.664.